The summed E-state index contributed by atoms with van der Waals surface area (Å²) < 4.78 is 18.8. The molecule has 24 heavy (non-hydrogen) atoms. The first-order valence-electron chi connectivity index (χ1n) is 8.22. The molecule has 128 valence electrons. The Kier molecular flexibility index (Phi) is 5.72. The Morgan fingerprint density at radius 3 is 2.75 bits per heavy atom. The maximum absolute atomic E-state index is 13.4. The van der Waals surface area contributed by atoms with Crippen LogP contribution in [0.15, 0.2) is 42.5 Å². The molecule has 5 heteroatoms. The SMILES string of the molecule is C[C@@H](Nc1ccc(Cl)c(CN2CCOCC2)c1)c1cccc(F)c1. The van der Waals surface area contributed by atoms with Gasteiger partial charge in [0.05, 0.1) is 13.2 Å². The molecule has 0 amide bonds. The fraction of sp³-hybridized carbons (Fsp3) is 0.368. The van der Waals surface area contributed by atoms with E-state index in [0.717, 1.165) is 54.7 Å². The number of nitrogens with one attached hydrogen (secondary N) is 1. The molecule has 0 radical (unpaired) electrons. The van der Waals surface area contributed by atoms with Crippen LogP contribution in [0, 0.1) is 5.82 Å². The van der Waals surface area contributed by atoms with Crippen LogP contribution in [-0.4, -0.2) is 31.2 Å². The van der Waals surface area contributed by atoms with E-state index >= 15 is 0 Å². The predicted molar refractivity (Wildman–Crippen MR) is 96.0 cm³/mol. The lowest BCUT2D eigenvalue weighted by molar-refractivity contribution is 0.0342. The average Bonchev–Trinajstić information content (AvgIpc) is 2.59. The molecule has 1 atom stereocenters. The maximum atomic E-state index is 13.4. The van der Waals surface area contributed by atoms with E-state index in [2.05, 4.69) is 16.3 Å². The van der Waals surface area contributed by atoms with Crippen molar-refractivity contribution in [1.29, 1.82) is 0 Å². The average molecular weight is 349 g/mol. The maximum Gasteiger partial charge on any atom is 0.123 e. The van der Waals surface area contributed by atoms with Crippen LogP contribution < -0.4 is 5.32 Å². The van der Waals surface area contributed by atoms with Gasteiger partial charge in [0, 0.05) is 36.4 Å². The van der Waals surface area contributed by atoms with E-state index < -0.39 is 0 Å². The van der Waals surface area contributed by atoms with Crippen LogP contribution in [-0.2, 0) is 11.3 Å². The molecule has 0 spiro atoms. The molecule has 0 unspecified atom stereocenters. The van der Waals surface area contributed by atoms with Crippen LogP contribution in [0.3, 0.4) is 0 Å². The Hall–Kier alpha value is -1.62. The van der Waals surface area contributed by atoms with Gasteiger partial charge in [-0.15, -0.1) is 0 Å². The van der Waals surface area contributed by atoms with E-state index in [-0.39, 0.29) is 11.9 Å². The van der Waals surface area contributed by atoms with E-state index in [4.69, 9.17) is 16.3 Å². The zero-order valence-corrected chi connectivity index (χ0v) is 14.5. The molecule has 0 aromatic heterocycles. The number of nitrogens with zero attached hydrogens (tertiary/aromatic N) is 1. The van der Waals surface area contributed by atoms with Gasteiger partial charge in [-0.3, -0.25) is 4.90 Å². The minimum atomic E-state index is -0.217. The Bertz CT molecular complexity index is 689. The van der Waals surface area contributed by atoms with Crippen molar-refractivity contribution in [3.63, 3.8) is 0 Å². The van der Waals surface area contributed by atoms with Gasteiger partial charge in [-0.05, 0) is 48.4 Å². The van der Waals surface area contributed by atoms with E-state index in [0.29, 0.717) is 0 Å². The van der Waals surface area contributed by atoms with Gasteiger partial charge < -0.3 is 10.1 Å². The van der Waals surface area contributed by atoms with Crippen LogP contribution in [0.4, 0.5) is 10.1 Å². The van der Waals surface area contributed by atoms with Gasteiger partial charge in [0.15, 0.2) is 0 Å². The van der Waals surface area contributed by atoms with Gasteiger partial charge >= 0.3 is 0 Å². The van der Waals surface area contributed by atoms with Crippen molar-refractivity contribution in [2.24, 2.45) is 0 Å². The third kappa shape index (κ3) is 4.47. The van der Waals surface area contributed by atoms with Crippen LogP contribution in [0.25, 0.3) is 0 Å². The second-order valence-corrected chi connectivity index (χ2v) is 6.52. The highest BCUT2D eigenvalue weighted by molar-refractivity contribution is 6.31. The van der Waals surface area contributed by atoms with E-state index in [1.54, 1.807) is 12.1 Å². The van der Waals surface area contributed by atoms with Crippen molar-refractivity contribution in [1.82, 2.24) is 4.90 Å². The van der Waals surface area contributed by atoms with Gasteiger partial charge in [0.25, 0.3) is 0 Å². The lowest BCUT2D eigenvalue weighted by Crippen LogP contribution is -2.35. The number of ether oxygens (including phenoxy) is 1. The molecule has 0 saturated carbocycles. The molecular weight excluding hydrogens is 327 g/mol. The topological polar surface area (TPSA) is 24.5 Å². The van der Waals surface area contributed by atoms with E-state index in [9.17, 15) is 4.39 Å². The molecule has 1 heterocycles. The van der Waals surface area contributed by atoms with E-state index in [1.807, 2.05) is 25.1 Å². The second-order valence-electron chi connectivity index (χ2n) is 6.12. The monoisotopic (exact) mass is 348 g/mol. The van der Waals surface area contributed by atoms with Crippen LogP contribution in [0.5, 0.6) is 0 Å². The van der Waals surface area contributed by atoms with Gasteiger partial charge in [0.1, 0.15) is 5.82 Å². The molecule has 1 aliphatic rings. The lowest BCUT2D eigenvalue weighted by atomic mass is 10.1. The highest BCUT2D eigenvalue weighted by Crippen LogP contribution is 2.25. The zero-order valence-electron chi connectivity index (χ0n) is 13.8. The van der Waals surface area contributed by atoms with Gasteiger partial charge in [0.2, 0.25) is 0 Å². The largest absolute Gasteiger partial charge is 0.379 e. The summed E-state index contributed by atoms with van der Waals surface area (Å²) in [6, 6.07) is 12.6. The molecule has 1 fully saturated rings. The molecule has 2 aromatic rings. The Balaban J connectivity index is 1.70. The zero-order chi connectivity index (χ0) is 16.9. The molecule has 1 saturated heterocycles. The molecule has 3 rings (SSSR count). The number of morpholine rings is 1. The van der Waals surface area contributed by atoms with Crippen molar-refractivity contribution in [2.45, 2.75) is 19.5 Å². The molecule has 1 N–H and O–H groups in total. The Labute approximate surface area is 147 Å². The highest BCUT2D eigenvalue weighted by Gasteiger charge is 2.13. The molecule has 3 nitrogen and oxygen atoms in total. The molecule has 1 aliphatic heterocycles. The van der Waals surface area contributed by atoms with Crippen molar-refractivity contribution >= 4 is 17.3 Å². The first-order valence-corrected chi connectivity index (χ1v) is 8.60. The van der Waals surface area contributed by atoms with Crippen molar-refractivity contribution in [3.05, 3.63) is 64.4 Å². The number of rotatable bonds is 5. The number of benzene rings is 2. The van der Waals surface area contributed by atoms with E-state index in [1.165, 1.54) is 6.07 Å². The Morgan fingerprint density at radius 1 is 1.21 bits per heavy atom. The summed E-state index contributed by atoms with van der Waals surface area (Å²) in [4.78, 5) is 2.34. The van der Waals surface area contributed by atoms with Crippen LogP contribution in [0.1, 0.15) is 24.1 Å². The number of hydrogen-bond donors (Lipinski definition) is 1. The summed E-state index contributed by atoms with van der Waals surface area (Å²) in [5, 5.41) is 4.19. The fourth-order valence-electron chi connectivity index (χ4n) is 2.90. The molecule has 0 aliphatic carbocycles. The minimum Gasteiger partial charge on any atom is -0.379 e. The van der Waals surface area contributed by atoms with Crippen LogP contribution >= 0.6 is 11.6 Å². The summed E-state index contributed by atoms with van der Waals surface area (Å²) >= 11 is 6.35. The van der Waals surface area contributed by atoms with Crippen molar-refractivity contribution in [3.8, 4) is 0 Å². The fourth-order valence-corrected chi connectivity index (χ4v) is 3.07. The smallest absolute Gasteiger partial charge is 0.123 e. The first kappa shape index (κ1) is 17.2. The van der Waals surface area contributed by atoms with Gasteiger partial charge in [-0.1, -0.05) is 23.7 Å². The molecule has 0 bridgehead atoms. The summed E-state index contributed by atoms with van der Waals surface area (Å²) in [7, 11) is 0. The quantitative estimate of drug-likeness (QED) is 0.862. The number of hydrogen-bond acceptors (Lipinski definition) is 3. The second kappa shape index (κ2) is 7.97. The Morgan fingerprint density at radius 2 is 2.00 bits per heavy atom. The number of halogens is 2. The van der Waals surface area contributed by atoms with Crippen LogP contribution in [0.2, 0.25) is 5.02 Å². The summed E-state index contributed by atoms with van der Waals surface area (Å²) in [5.74, 6) is -0.217. The first-order chi connectivity index (χ1) is 11.6. The number of anilines is 1. The summed E-state index contributed by atoms with van der Waals surface area (Å²) in [5.41, 5.74) is 2.99. The normalized spacial score (nSPS) is 16.8. The lowest BCUT2D eigenvalue weighted by Gasteiger charge is -2.27. The standard InChI is InChI=1S/C19H22ClFN2O/c1-14(15-3-2-4-17(21)11-15)22-18-5-6-19(20)16(12-18)13-23-7-9-24-10-8-23/h2-6,11-12,14,22H,7-10,13H2,1H3/t14-/m1/s1. The molecule has 2 aromatic carbocycles. The van der Waals surface area contributed by atoms with Crippen molar-refractivity contribution < 1.29 is 9.13 Å². The highest BCUT2D eigenvalue weighted by atomic mass is 35.5. The van der Waals surface area contributed by atoms with Gasteiger partial charge in [-0.25, -0.2) is 4.39 Å². The summed E-state index contributed by atoms with van der Waals surface area (Å²) in [6.07, 6.45) is 0. The third-order valence-corrected chi connectivity index (χ3v) is 4.64. The predicted octanol–water partition coefficient (Wildman–Crippen LogP) is 4.48. The molecular formula is C19H22ClFN2O. The summed E-state index contributed by atoms with van der Waals surface area (Å²) in [6.45, 7) is 6.22. The third-order valence-electron chi connectivity index (χ3n) is 4.28. The minimum absolute atomic E-state index is 0.0121. The van der Waals surface area contributed by atoms with Crippen molar-refractivity contribution in [2.75, 3.05) is 31.6 Å². The van der Waals surface area contributed by atoms with Gasteiger partial charge in [-0.2, -0.15) is 0 Å².